The number of methoxy groups -OCH3 is 1. The van der Waals surface area contributed by atoms with Crippen LogP contribution < -0.4 is 4.74 Å². The van der Waals surface area contributed by atoms with E-state index in [2.05, 4.69) is 0 Å². The molecule has 7 heteroatoms. The van der Waals surface area contributed by atoms with Crippen molar-refractivity contribution in [2.75, 3.05) is 20.3 Å². The number of nitrogens with zero attached hydrogens (tertiary/aromatic N) is 1. The van der Waals surface area contributed by atoms with Crippen molar-refractivity contribution >= 4 is 6.09 Å². The molecule has 2 aliphatic rings. The summed E-state index contributed by atoms with van der Waals surface area (Å²) in [5, 5.41) is 19.7. The van der Waals surface area contributed by atoms with Gasteiger partial charge in [-0.1, -0.05) is 12.1 Å². The molecular formula is C17H23NO6. The zero-order valence-corrected chi connectivity index (χ0v) is 13.6. The molecule has 4 atom stereocenters. The fraction of sp³-hybridized carbons (Fsp3) is 0.588. The molecule has 2 aliphatic heterocycles. The van der Waals surface area contributed by atoms with E-state index in [0.717, 1.165) is 11.3 Å². The predicted octanol–water partition coefficient (Wildman–Crippen LogP) is 0.917. The average Bonchev–Trinajstić information content (AvgIpc) is 3.06. The summed E-state index contributed by atoms with van der Waals surface area (Å²) in [6.07, 6.45) is -1.38. The number of hydrogen-bond acceptors (Lipinski definition) is 6. The van der Waals surface area contributed by atoms with E-state index in [1.807, 2.05) is 24.3 Å². The van der Waals surface area contributed by atoms with Crippen LogP contribution in [0.15, 0.2) is 24.3 Å². The molecule has 2 fully saturated rings. The van der Waals surface area contributed by atoms with Crippen LogP contribution in [-0.2, 0) is 16.1 Å². The van der Waals surface area contributed by atoms with Gasteiger partial charge in [-0.05, 0) is 30.5 Å². The number of fused-ring (bicyclic) bond motifs is 1. The summed E-state index contributed by atoms with van der Waals surface area (Å²) in [5.41, 5.74) is 1.06. The molecule has 0 aliphatic carbocycles. The van der Waals surface area contributed by atoms with Crippen LogP contribution in [0.1, 0.15) is 18.4 Å². The van der Waals surface area contributed by atoms with Gasteiger partial charge >= 0.3 is 6.09 Å². The first-order valence-electron chi connectivity index (χ1n) is 8.14. The summed E-state index contributed by atoms with van der Waals surface area (Å²) in [5.74, 6) is 0.809. The van der Waals surface area contributed by atoms with Gasteiger partial charge in [0.25, 0.3) is 0 Å². The lowest BCUT2D eigenvalue weighted by Crippen LogP contribution is -2.39. The first-order valence-corrected chi connectivity index (χ1v) is 8.14. The molecule has 1 amide bonds. The minimum absolute atomic E-state index is 0.134. The zero-order valence-electron chi connectivity index (χ0n) is 13.6. The minimum Gasteiger partial charge on any atom is -0.497 e. The van der Waals surface area contributed by atoms with Crippen LogP contribution in [0.3, 0.4) is 0 Å². The molecule has 1 aromatic rings. The molecule has 0 bridgehead atoms. The Balaban J connectivity index is 1.39. The molecule has 3 rings (SSSR count). The van der Waals surface area contributed by atoms with E-state index >= 15 is 0 Å². The van der Waals surface area contributed by atoms with Crippen molar-refractivity contribution in [2.45, 2.75) is 43.8 Å². The summed E-state index contributed by atoms with van der Waals surface area (Å²) in [7, 11) is 1.63. The molecule has 0 spiro atoms. The maximum absolute atomic E-state index is 11.7. The number of hydrogen-bond donors (Lipinski definition) is 2. The second-order valence-electron chi connectivity index (χ2n) is 6.17. The summed E-state index contributed by atoms with van der Waals surface area (Å²) in [6, 6.07) is 7.22. The van der Waals surface area contributed by atoms with Gasteiger partial charge in [0, 0.05) is 6.61 Å². The van der Waals surface area contributed by atoms with E-state index in [4.69, 9.17) is 14.2 Å². The highest BCUT2D eigenvalue weighted by Gasteiger charge is 2.53. The first-order chi connectivity index (χ1) is 11.6. The molecule has 132 valence electrons. The predicted molar refractivity (Wildman–Crippen MR) is 84.7 cm³/mol. The Morgan fingerprint density at radius 1 is 1.29 bits per heavy atom. The number of carbonyl (C=O) groups excluding carboxylic acids is 1. The van der Waals surface area contributed by atoms with Crippen LogP contribution in [0.5, 0.6) is 5.75 Å². The maximum Gasteiger partial charge on any atom is 0.410 e. The second kappa shape index (κ2) is 7.38. The first kappa shape index (κ1) is 17.0. The summed E-state index contributed by atoms with van der Waals surface area (Å²) in [4.78, 5) is 13.1. The van der Waals surface area contributed by atoms with Crippen molar-refractivity contribution in [3.63, 3.8) is 0 Å². The fourth-order valence-electron chi connectivity index (χ4n) is 3.26. The van der Waals surface area contributed by atoms with Gasteiger partial charge in [-0.2, -0.15) is 0 Å². The van der Waals surface area contributed by atoms with Crippen molar-refractivity contribution in [3.8, 4) is 5.75 Å². The zero-order chi connectivity index (χ0) is 17.1. The number of aliphatic hydroxyl groups is 2. The number of cyclic esters (lactones) is 1. The molecule has 0 saturated carbocycles. The lowest BCUT2D eigenvalue weighted by atomic mass is 10.0. The highest BCUT2D eigenvalue weighted by molar-refractivity contribution is 5.71. The van der Waals surface area contributed by atoms with Gasteiger partial charge in [-0.25, -0.2) is 4.79 Å². The lowest BCUT2D eigenvalue weighted by molar-refractivity contribution is 0.0100. The third-order valence-corrected chi connectivity index (χ3v) is 4.56. The Hall–Kier alpha value is -1.83. The smallest absolute Gasteiger partial charge is 0.410 e. The summed E-state index contributed by atoms with van der Waals surface area (Å²) < 4.78 is 16.0. The number of aliphatic hydroxyl groups excluding tert-OH is 2. The van der Waals surface area contributed by atoms with Gasteiger partial charge in [0.1, 0.15) is 24.0 Å². The Labute approximate surface area is 140 Å². The molecule has 2 saturated heterocycles. The largest absolute Gasteiger partial charge is 0.497 e. The molecule has 0 radical (unpaired) electrons. The third-order valence-electron chi connectivity index (χ3n) is 4.56. The SMILES string of the molecule is COc1ccc(COCCC[C@H]2OC(=O)N3C[C@H](O)[C@H](O)[C@@H]23)cc1. The molecule has 2 heterocycles. The number of rotatable bonds is 7. The van der Waals surface area contributed by atoms with Crippen molar-refractivity contribution in [3.05, 3.63) is 29.8 Å². The van der Waals surface area contributed by atoms with E-state index in [1.165, 1.54) is 4.90 Å². The Bertz CT molecular complexity index is 563. The molecule has 7 nitrogen and oxygen atoms in total. The highest BCUT2D eigenvalue weighted by Crippen LogP contribution is 2.32. The topological polar surface area (TPSA) is 88.5 Å². The second-order valence-corrected chi connectivity index (χ2v) is 6.17. The van der Waals surface area contributed by atoms with Crippen molar-refractivity contribution in [1.82, 2.24) is 4.90 Å². The Kier molecular flexibility index (Phi) is 5.23. The van der Waals surface area contributed by atoms with Gasteiger partial charge < -0.3 is 24.4 Å². The van der Waals surface area contributed by atoms with Gasteiger partial charge in [0.2, 0.25) is 0 Å². The van der Waals surface area contributed by atoms with Crippen LogP contribution in [0.25, 0.3) is 0 Å². The molecule has 2 N–H and O–H groups in total. The lowest BCUT2D eigenvalue weighted by Gasteiger charge is -2.20. The van der Waals surface area contributed by atoms with E-state index < -0.39 is 30.4 Å². The molecule has 0 aromatic heterocycles. The molecule has 1 aromatic carbocycles. The number of amides is 1. The number of ether oxygens (including phenoxy) is 3. The molecular weight excluding hydrogens is 314 g/mol. The quantitative estimate of drug-likeness (QED) is 0.719. The van der Waals surface area contributed by atoms with E-state index in [0.29, 0.717) is 26.1 Å². The maximum atomic E-state index is 11.7. The molecule has 0 unspecified atom stereocenters. The van der Waals surface area contributed by atoms with Crippen LogP contribution in [0.4, 0.5) is 4.79 Å². The van der Waals surface area contributed by atoms with Crippen molar-refractivity contribution in [1.29, 1.82) is 0 Å². The van der Waals surface area contributed by atoms with E-state index in [9.17, 15) is 15.0 Å². The summed E-state index contributed by atoms with van der Waals surface area (Å²) in [6.45, 7) is 1.17. The van der Waals surface area contributed by atoms with Gasteiger partial charge in [-0.15, -0.1) is 0 Å². The Morgan fingerprint density at radius 3 is 2.75 bits per heavy atom. The summed E-state index contributed by atoms with van der Waals surface area (Å²) >= 11 is 0. The van der Waals surface area contributed by atoms with Gasteiger partial charge in [0.15, 0.2) is 0 Å². The molecule has 24 heavy (non-hydrogen) atoms. The average molecular weight is 337 g/mol. The third kappa shape index (κ3) is 3.48. The minimum atomic E-state index is -0.943. The fourth-order valence-corrected chi connectivity index (χ4v) is 3.26. The van der Waals surface area contributed by atoms with Crippen molar-refractivity contribution in [2.24, 2.45) is 0 Å². The van der Waals surface area contributed by atoms with Crippen LogP contribution >= 0.6 is 0 Å². The van der Waals surface area contributed by atoms with Crippen LogP contribution in [0.2, 0.25) is 0 Å². The monoisotopic (exact) mass is 337 g/mol. The van der Waals surface area contributed by atoms with E-state index in [-0.39, 0.29) is 6.54 Å². The number of carbonyl (C=O) groups is 1. The Morgan fingerprint density at radius 2 is 2.04 bits per heavy atom. The highest BCUT2D eigenvalue weighted by atomic mass is 16.6. The van der Waals surface area contributed by atoms with Crippen LogP contribution in [-0.4, -0.2) is 65.8 Å². The van der Waals surface area contributed by atoms with Crippen molar-refractivity contribution < 1.29 is 29.2 Å². The van der Waals surface area contributed by atoms with Gasteiger partial charge in [-0.3, -0.25) is 4.90 Å². The van der Waals surface area contributed by atoms with Gasteiger partial charge in [0.05, 0.1) is 26.4 Å². The van der Waals surface area contributed by atoms with Crippen LogP contribution in [0, 0.1) is 0 Å². The standard InChI is InChI=1S/C17H23NO6/c1-22-12-6-4-11(5-7-12)10-23-8-2-3-14-15-16(20)13(19)9-18(15)17(21)24-14/h4-7,13-16,19-20H,2-3,8-10H2,1H3/t13-,14+,15+,16-/m0/s1. The van der Waals surface area contributed by atoms with E-state index in [1.54, 1.807) is 7.11 Å². The normalized spacial score (nSPS) is 28.8. The number of benzene rings is 1.